The molecule has 0 aromatic heterocycles. The molecule has 0 heterocycles. The maximum atomic E-state index is 11.2. The van der Waals surface area contributed by atoms with Crippen molar-refractivity contribution in [3.8, 4) is 5.75 Å². The molecule has 22 heavy (non-hydrogen) atoms. The molecule has 0 radical (unpaired) electrons. The highest BCUT2D eigenvalue weighted by molar-refractivity contribution is 5.80. The fourth-order valence-corrected chi connectivity index (χ4v) is 5.69. The molecular formula is C19H24O3. The molecule has 1 aromatic rings. The van der Waals surface area contributed by atoms with Crippen LogP contribution < -0.4 is 0 Å². The van der Waals surface area contributed by atoms with Gasteiger partial charge >= 0.3 is 0 Å². The zero-order chi connectivity index (χ0) is 15.5. The number of phenols is 1. The molecule has 5 atom stereocenters. The number of aliphatic hydroxyl groups excluding tert-OH is 1. The van der Waals surface area contributed by atoms with Gasteiger partial charge < -0.3 is 10.2 Å². The summed E-state index contributed by atoms with van der Waals surface area (Å²) in [7, 11) is 0. The molecule has 3 heteroatoms. The molecular weight excluding hydrogens is 276 g/mol. The van der Waals surface area contributed by atoms with Crippen LogP contribution in [0, 0.1) is 17.3 Å². The van der Waals surface area contributed by atoms with Crippen molar-refractivity contribution >= 4 is 6.29 Å². The number of carbonyl (C=O) groups is 1. The minimum Gasteiger partial charge on any atom is -0.507 e. The highest BCUT2D eigenvalue weighted by Crippen LogP contribution is 2.61. The van der Waals surface area contributed by atoms with E-state index in [1.165, 1.54) is 11.1 Å². The van der Waals surface area contributed by atoms with Gasteiger partial charge in [-0.05, 0) is 85.0 Å². The van der Waals surface area contributed by atoms with Gasteiger partial charge in [-0.3, -0.25) is 4.79 Å². The summed E-state index contributed by atoms with van der Waals surface area (Å²) in [6, 6.07) is 3.72. The molecule has 1 aromatic carbocycles. The molecule has 2 fully saturated rings. The van der Waals surface area contributed by atoms with Gasteiger partial charge in [0.1, 0.15) is 5.75 Å². The lowest BCUT2D eigenvalue weighted by atomic mass is 9.55. The Morgan fingerprint density at radius 3 is 2.82 bits per heavy atom. The Balaban J connectivity index is 1.74. The van der Waals surface area contributed by atoms with Gasteiger partial charge in [-0.2, -0.15) is 0 Å². The van der Waals surface area contributed by atoms with Crippen molar-refractivity contribution in [1.82, 2.24) is 0 Å². The van der Waals surface area contributed by atoms with Crippen LogP contribution in [-0.4, -0.2) is 22.6 Å². The van der Waals surface area contributed by atoms with E-state index in [9.17, 15) is 15.0 Å². The smallest absolute Gasteiger partial charge is 0.153 e. The summed E-state index contributed by atoms with van der Waals surface area (Å²) >= 11 is 0. The molecule has 3 aliphatic carbocycles. The predicted molar refractivity (Wildman–Crippen MR) is 84.1 cm³/mol. The van der Waals surface area contributed by atoms with Gasteiger partial charge in [0, 0.05) is 0 Å². The summed E-state index contributed by atoms with van der Waals surface area (Å²) in [6.07, 6.45) is 6.95. The van der Waals surface area contributed by atoms with Crippen molar-refractivity contribution in [3.05, 3.63) is 28.8 Å². The summed E-state index contributed by atoms with van der Waals surface area (Å²) in [5, 5.41) is 20.3. The van der Waals surface area contributed by atoms with E-state index < -0.39 is 0 Å². The molecule has 2 N–H and O–H groups in total. The highest BCUT2D eigenvalue weighted by Gasteiger charge is 2.54. The summed E-state index contributed by atoms with van der Waals surface area (Å²) in [5.74, 6) is 1.82. The number of hydrogen-bond acceptors (Lipinski definition) is 3. The standard InChI is InChI=1S/C19H24O3/c1-19-7-6-13-14(16(19)4-5-18(19)22)3-2-11-9-17(21)12(10-20)8-15(11)13/h8-10,13-14,16,18,21-22H,2-7H2,1H3/t13-,14+,16-,18-,19-/m0/s1. The molecule has 4 rings (SSSR count). The van der Waals surface area contributed by atoms with E-state index in [1.807, 2.05) is 6.07 Å². The van der Waals surface area contributed by atoms with Crippen LogP contribution in [0.25, 0.3) is 0 Å². The Morgan fingerprint density at radius 1 is 1.23 bits per heavy atom. The topological polar surface area (TPSA) is 57.5 Å². The number of hydrogen-bond donors (Lipinski definition) is 2. The summed E-state index contributed by atoms with van der Waals surface area (Å²) in [6.45, 7) is 2.27. The molecule has 0 unspecified atom stereocenters. The van der Waals surface area contributed by atoms with Gasteiger partial charge in [0.25, 0.3) is 0 Å². The normalized spacial score (nSPS) is 39.7. The van der Waals surface area contributed by atoms with E-state index in [0.29, 0.717) is 23.3 Å². The van der Waals surface area contributed by atoms with E-state index in [4.69, 9.17) is 0 Å². The molecule has 0 amide bonds. The predicted octanol–water partition coefficient (Wildman–Crippen LogP) is 3.42. The Hall–Kier alpha value is -1.35. The van der Waals surface area contributed by atoms with Crippen LogP contribution in [0.1, 0.15) is 66.4 Å². The van der Waals surface area contributed by atoms with Crippen LogP contribution in [0.4, 0.5) is 0 Å². The van der Waals surface area contributed by atoms with E-state index in [-0.39, 0.29) is 17.3 Å². The van der Waals surface area contributed by atoms with Crippen molar-refractivity contribution in [1.29, 1.82) is 0 Å². The Bertz CT molecular complexity index is 623. The van der Waals surface area contributed by atoms with Gasteiger partial charge in [-0.1, -0.05) is 6.92 Å². The van der Waals surface area contributed by atoms with E-state index in [2.05, 4.69) is 6.92 Å². The monoisotopic (exact) mass is 300 g/mol. The molecule has 118 valence electrons. The minimum absolute atomic E-state index is 0.0864. The Labute approximate surface area is 131 Å². The second-order valence-electron chi connectivity index (χ2n) is 7.78. The van der Waals surface area contributed by atoms with Crippen LogP contribution in [0.2, 0.25) is 0 Å². The van der Waals surface area contributed by atoms with Crippen LogP contribution in [0.3, 0.4) is 0 Å². The lowest BCUT2D eigenvalue weighted by molar-refractivity contribution is -0.0226. The number of rotatable bonds is 1. The molecule has 0 spiro atoms. The van der Waals surface area contributed by atoms with Crippen LogP contribution in [0.5, 0.6) is 5.75 Å². The van der Waals surface area contributed by atoms with Crippen molar-refractivity contribution in [3.63, 3.8) is 0 Å². The maximum absolute atomic E-state index is 11.2. The number of aliphatic hydroxyl groups is 1. The first-order valence-corrected chi connectivity index (χ1v) is 8.53. The SMILES string of the molecule is C[C@]12CC[C@@H]3c4cc(C=O)c(O)cc4CC[C@H]3[C@@H]1CC[C@@H]2O. The minimum atomic E-state index is -0.148. The third-order valence-electron chi connectivity index (χ3n) is 6.95. The third-order valence-corrected chi connectivity index (χ3v) is 6.95. The van der Waals surface area contributed by atoms with Crippen molar-refractivity contribution in [2.75, 3.05) is 0 Å². The number of benzene rings is 1. The zero-order valence-electron chi connectivity index (χ0n) is 13.1. The molecule has 3 nitrogen and oxygen atoms in total. The lowest BCUT2D eigenvalue weighted by Crippen LogP contribution is -2.43. The highest BCUT2D eigenvalue weighted by atomic mass is 16.3. The number of aromatic hydroxyl groups is 1. The Morgan fingerprint density at radius 2 is 2.05 bits per heavy atom. The fraction of sp³-hybridized carbons (Fsp3) is 0.632. The first-order valence-electron chi connectivity index (χ1n) is 8.53. The van der Waals surface area contributed by atoms with Crippen LogP contribution in [0.15, 0.2) is 12.1 Å². The number of fused-ring (bicyclic) bond motifs is 5. The molecule has 2 saturated carbocycles. The molecule has 0 saturated heterocycles. The quantitative estimate of drug-likeness (QED) is 0.781. The third kappa shape index (κ3) is 1.81. The van der Waals surface area contributed by atoms with Gasteiger partial charge in [-0.15, -0.1) is 0 Å². The second kappa shape index (κ2) is 4.82. The average molecular weight is 300 g/mol. The molecule has 0 bridgehead atoms. The van der Waals surface area contributed by atoms with E-state index in [0.717, 1.165) is 44.8 Å². The summed E-state index contributed by atoms with van der Waals surface area (Å²) in [5.41, 5.74) is 2.99. The van der Waals surface area contributed by atoms with E-state index >= 15 is 0 Å². The number of carbonyl (C=O) groups excluding carboxylic acids is 1. The Kier molecular flexibility index (Phi) is 3.12. The van der Waals surface area contributed by atoms with E-state index in [1.54, 1.807) is 6.07 Å². The van der Waals surface area contributed by atoms with Gasteiger partial charge in [0.05, 0.1) is 11.7 Å². The first-order chi connectivity index (χ1) is 10.5. The first kappa shape index (κ1) is 14.3. The van der Waals surface area contributed by atoms with Gasteiger partial charge in [0.2, 0.25) is 0 Å². The number of aldehydes is 1. The van der Waals surface area contributed by atoms with Crippen molar-refractivity contribution < 1.29 is 15.0 Å². The number of phenolic OH excluding ortho intramolecular Hbond substituents is 1. The maximum Gasteiger partial charge on any atom is 0.153 e. The summed E-state index contributed by atoms with van der Waals surface area (Å²) < 4.78 is 0. The number of aryl methyl sites for hydroxylation is 1. The summed E-state index contributed by atoms with van der Waals surface area (Å²) in [4.78, 5) is 11.2. The molecule has 3 aliphatic rings. The second-order valence-corrected chi connectivity index (χ2v) is 7.78. The van der Waals surface area contributed by atoms with Crippen molar-refractivity contribution in [2.24, 2.45) is 17.3 Å². The van der Waals surface area contributed by atoms with Gasteiger partial charge in [-0.25, -0.2) is 0 Å². The van der Waals surface area contributed by atoms with Crippen LogP contribution in [-0.2, 0) is 6.42 Å². The average Bonchev–Trinajstić information content (AvgIpc) is 2.82. The zero-order valence-corrected chi connectivity index (χ0v) is 13.1. The van der Waals surface area contributed by atoms with Crippen LogP contribution >= 0.6 is 0 Å². The largest absolute Gasteiger partial charge is 0.507 e. The van der Waals surface area contributed by atoms with Crippen molar-refractivity contribution in [2.45, 2.75) is 57.5 Å². The fourth-order valence-electron chi connectivity index (χ4n) is 5.69. The molecule has 0 aliphatic heterocycles. The van der Waals surface area contributed by atoms with Gasteiger partial charge in [0.15, 0.2) is 6.29 Å². The lowest BCUT2D eigenvalue weighted by Gasteiger charge is -2.50.